The summed E-state index contributed by atoms with van der Waals surface area (Å²) in [5.74, 6) is -0.235. The highest BCUT2D eigenvalue weighted by molar-refractivity contribution is 6.31. The molecular weight excluding hydrogens is 292 g/mol. The molecule has 1 aliphatic rings. The first kappa shape index (κ1) is 15.8. The number of halogens is 1. The first-order chi connectivity index (χ1) is 9.71. The Morgan fingerprint density at radius 2 is 2.05 bits per heavy atom. The summed E-state index contributed by atoms with van der Waals surface area (Å²) in [7, 11) is 1.78. The Kier molecular flexibility index (Phi) is 4.02. The van der Waals surface area contributed by atoms with E-state index in [9.17, 15) is 9.59 Å². The number of carbonyl (C=O) groups is 2. The molecule has 2 rings (SSSR count). The number of nitrogens with one attached hydrogen (secondary N) is 1. The number of carbonyl (C=O) groups excluding carboxylic acids is 2. The average Bonchev–Trinajstić information content (AvgIpc) is 2.67. The first-order valence-corrected chi connectivity index (χ1v) is 7.40. The Morgan fingerprint density at radius 1 is 1.43 bits per heavy atom. The Morgan fingerprint density at radius 3 is 2.52 bits per heavy atom. The quantitative estimate of drug-likeness (QED) is 0.917. The summed E-state index contributed by atoms with van der Waals surface area (Å²) in [4.78, 5) is 26.4. The van der Waals surface area contributed by atoms with E-state index in [1.807, 2.05) is 13.8 Å². The van der Waals surface area contributed by atoms with Crippen LogP contribution in [0.25, 0.3) is 0 Å². The van der Waals surface area contributed by atoms with E-state index in [2.05, 4.69) is 10.4 Å². The van der Waals surface area contributed by atoms with Crippen LogP contribution in [0.4, 0.5) is 0 Å². The van der Waals surface area contributed by atoms with Gasteiger partial charge in [-0.3, -0.25) is 14.3 Å². The highest BCUT2D eigenvalue weighted by Crippen LogP contribution is 2.26. The Hall–Kier alpha value is -1.56. The third-order valence-electron chi connectivity index (χ3n) is 4.27. The van der Waals surface area contributed by atoms with Gasteiger partial charge in [0.15, 0.2) is 0 Å². The standard InChI is InChI=1S/C14H21ClN4O2/c1-6-14(4)13(21)19(9(3)12(20)16-14)7-10-11(15)8(2)17-18(10)5/h9H,6-7H2,1-5H3,(H,16,20). The van der Waals surface area contributed by atoms with Gasteiger partial charge in [-0.15, -0.1) is 0 Å². The van der Waals surface area contributed by atoms with Crippen LogP contribution in [0, 0.1) is 6.92 Å². The second-order valence-corrected chi connectivity index (χ2v) is 6.13. The third kappa shape index (κ3) is 2.52. The van der Waals surface area contributed by atoms with Gasteiger partial charge in [0.05, 0.1) is 23.0 Å². The number of piperazine rings is 1. The van der Waals surface area contributed by atoms with Crippen LogP contribution >= 0.6 is 11.6 Å². The highest BCUT2D eigenvalue weighted by Gasteiger charge is 2.45. The maximum atomic E-state index is 12.7. The van der Waals surface area contributed by atoms with Gasteiger partial charge in [-0.05, 0) is 27.2 Å². The summed E-state index contributed by atoms with van der Waals surface area (Å²) in [5.41, 5.74) is 0.598. The lowest BCUT2D eigenvalue weighted by molar-refractivity contribution is -0.154. The van der Waals surface area contributed by atoms with Crippen molar-refractivity contribution in [3.8, 4) is 0 Å². The minimum absolute atomic E-state index is 0.0907. The molecule has 1 fully saturated rings. The van der Waals surface area contributed by atoms with Gasteiger partial charge in [-0.2, -0.15) is 5.10 Å². The van der Waals surface area contributed by atoms with E-state index in [4.69, 9.17) is 11.6 Å². The van der Waals surface area contributed by atoms with Crippen molar-refractivity contribution in [2.45, 2.75) is 52.2 Å². The van der Waals surface area contributed by atoms with Crippen LogP contribution in [-0.2, 0) is 23.2 Å². The second kappa shape index (κ2) is 5.33. The predicted octanol–water partition coefficient (Wildman–Crippen LogP) is 1.40. The zero-order valence-corrected chi connectivity index (χ0v) is 13.8. The number of hydrogen-bond acceptors (Lipinski definition) is 3. The molecule has 0 aromatic carbocycles. The third-order valence-corrected chi connectivity index (χ3v) is 4.76. The first-order valence-electron chi connectivity index (χ1n) is 7.02. The summed E-state index contributed by atoms with van der Waals surface area (Å²) < 4.78 is 1.66. The molecule has 1 saturated heterocycles. The van der Waals surface area contributed by atoms with Crippen LogP contribution < -0.4 is 5.32 Å². The maximum absolute atomic E-state index is 12.7. The van der Waals surface area contributed by atoms with E-state index in [-0.39, 0.29) is 18.4 Å². The molecule has 116 valence electrons. The predicted molar refractivity (Wildman–Crippen MR) is 79.8 cm³/mol. The molecular formula is C14H21ClN4O2. The molecule has 1 N–H and O–H groups in total. The fraction of sp³-hybridized carbons (Fsp3) is 0.643. The minimum Gasteiger partial charge on any atom is -0.340 e. The van der Waals surface area contributed by atoms with E-state index >= 15 is 0 Å². The highest BCUT2D eigenvalue weighted by atomic mass is 35.5. The van der Waals surface area contributed by atoms with Crippen LogP contribution in [0.1, 0.15) is 38.6 Å². The van der Waals surface area contributed by atoms with Crippen molar-refractivity contribution >= 4 is 23.4 Å². The summed E-state index contributed by atoms with van der Waals surface area (Å²) in [6, 6.07) is -0.525. The number of amides is 2. The van der Waals surface area contributed by atoms with Gasteiger partial charge in [-0.1, -0.05) is 18.5 Å². The second-order valence-electron chi connectivity index (χ2n) is 5.75. The molecule has 1 aliphatic heterocycles. The smallest absolute Gasteiger partial charge is 0.249 e. The van der Waals surface area contributed by atoms with Gasteiger partial charge in [0.25, 0.3) is 0 Å². The molecule has 0 spiro atoms. The van der Waals surface area contributed by atoms with Gasteiger partial charge in [0.2, 0.25) is 11.8 Å². The van der Waals surface area contributed by atoms with Crippen molar-refractivity contribution in [3.63, 3.8) is 0 Å². The van der Waals surface area contributed by atoms with Crippen molar-refractivity contribution in [2.24, 2.45) is 7.05 Å². The van der Waals surface area contributed by atoms with Crippen molar-refractivity contribution in [3.05, 3.63) is 16.4 Å². The summed E-state index contributed by atoms with van der Waals surface area (Å²) >= 11 is 6.25. The van der Waals surface area contributed by atoms with Crippen LogP contribution in [0.3, 0.4) is 0 Å². The zero-order valence-electron chi connectivity index (χ0n) is 13.0. The number of hydrogen-bond donors (Lipinski definition) is 1. The topological polar surface area (TPSA) is 67.2 Å². The Balaban J connectivity index is 2.36. The summed E-state index contributed by atoms with van der Waals surface area (Å²) in [6.07, 6.45) is 0.541. The normalized spacial score (nSPS) is 26.2. The minimum atomic E-state index is -0.857. The van der Waals surface area contributed by atoms with Crippen molar-refractivity contribution in [1.29, 1.82) is 0 Å². The number of rotatable bonds is 3. The van der Waals surface area contributed by atoms with E-state index in [0.717, 1.165) is 5.69 Å². The Labute approximate surface area is 129 Å². The molecule has 0 saturated carbocycles. The number of nitrogens with zero attached hydrogens (tertiary/aromatic N) is 3. The lowest BCUT2D eigenvalue weighted by Gasteiger charge is -2.43. The van der Waals surface area contributed by atoms with Gasteiger partial charge >= 0.3 is 0 Å². The fourth-order valence-electron chi connectivity index (χ4n) is 2.53. The molecule has 2 atom stereocenters. The molecule has 21 heavy (non-hydrogen) atoms. The number of aryl methyl sites for hydroxylation is 2. The lowest BCUT2D eigenvalue weighted by Crippen LogP contribution is -2.68. The zero-order chi connectivity index (χ0) is 15.9. The van der Waals surface area contributed by atoms with Crippen molar-refractivity contribution in [1.82, 2.24) is 20.0 Å². The summed E-state index contributed by atoms with van der Waals surface area (Å²) in [5, 5.41) is 7.60. The largest absolute Gasteiger partial charge is 0.340 e. The molecule has 6 nitrogen and oxygen atoms in total. The van der Waals surface area contributed by atoms with Crippen LogP contribution in [0.15, 0.2) is 0 Å². The van der Waals surface area contributed by atoms with E-state index < -0.39 is 11.6 Å². The van der Waals surface area contributed by atoms with E-state index in [1.54, 1.807) is 30.5 Å². The van der Waals surface area contributed by atoms with Crippen molar-refractivity contribution < 1.29 is 9.59 Å². The van der Waals surface area contributed by atoms with E-state index in [1.165, 1.54) is 0 Å². The molecule has 2 heterocycles. The van der Waals surface area contributed by atoms with Crippen molar-refractivity contribution in [2.75, 3.05) is 0 Å². The van der Waals surface area contributed by atoms with Gasteiger partial charge in [-0.25, -0.2) is 0 Å². The number of aromatic nitrogens is 2. The molecule has 1 aromatic rings. The summed E-state index contributed by atoms with van der Waals surface area (Å²) in [6.45, 7) is 7.45. The molecule has 0 bridgehead atoms. The molecule has 1 aromatic heterocycles. The molecule has 0 radical (unpaired) electrons. The van der Waals surface area contributed by atoms with Gasteiger partial charge in [0, 0.05) is 7.05 Å². The average molecular weight is 313 g/mol. The van der Waals surface area contributed by atoms with E-state index in [0.29, 0.717) is 17.1 Å². The van der Waals surface area contributed by atoms with Crippen LogP contribution in [-0.4, -0.2) is 38.1 Å². The maximum Gasteiger partial charge on any atom is 0.249 e. The fourth-order valence-corrected chi connectivity index (χ4v) is 2.75. The SMILES string of the molecule is CCC1(C)NC(=O)C(C)N(Cc2c(Cl)c(C)nn2C)C1=O. The lowest BCUT2D eigenvalue weighted by atomic mass is 9.92. The van der Waals surface area contributed by atoms with Crippen LogP contribution in [0.5, 0.6) is 0 Å². The molecule has 2 unspecified atom stereocenters. The van der Waals surface area contributed by atoms with Gasteiger partial charge in [0.1, 0.15) is 11.6 Å². The van der Waals surface area contributed by atoms with Crippen LogP contribution in [0.2, 0.25) is 5.02 Å². The van der Waals surface area contributed by atoms with Gasteiger partial charge < -0.3 is 10.2 Å². The molecule has 2 amide bonds. The Bertz CT molecular complexity index is 598. The molecule has 0 aliphatic carbocycles. The monoisotopic (exact) mass is 312 g/mol. The molecule has 7 heteroatoms.